The maximum absolute atomic E-state index is 13.2. The van der Waals surface area contributed by atoms with Gasteiger partial charge in [-0.2, -0.15) is 0 Å². The van der Waals surface area contributed by atoms with E-state index in [9.17, 15) is 23.9 Å². The number of hydrogen-bond donors (Lipinski definition) is 2. The summed E-state index contributed by atoms with van der Waals surface area (Å²) in [4.78, 5) is 39.7. The van der Waals surface area contributed by atoms with Gasteiger partial charge in [0, 0.05) is 13.6 Å². The number of halogens is 1. The van der Waals surface area contributed by atoms with E-state index in [-0.39, 0.29) is 19.3 Å². The molecule has 1 aromatic rings. The summed E-state index contributed by atoms with van der Waals surface area (Å²) in [6, 6.07) is 4.49. The molecule has 0 aliphatic carbocycles. The van der Waals surface area contributed by atoms with E-state index in [0.717, 1.165) is 4.90 Å². The highest BCUT2D eigenvalue weighted by atomic mass is 19.1. The molecule has 2 rings (SSSR count). The number of ether oxygens (including phenoxy) is 2. The first-order valence-corrected chi connectivity index (χ1v) is 10.1. The van der Waals surface area contributed by atoms with E-state index in [0.29, 0.717) is 18.8 Å². The highest BCUT2D eigenvalue weighted by Crippen LogP contribution is 2.28. The van der Waals surface area contributed by atoms with Crippen LogP contribution in [0.2, 0.25) is 0 Å². The number of aliphatic hydroxyl groups excluding tert-OH is 1. The number of amides is 4. The second-order valence-electron chi connectivity index (χ2n) is 7.88. The number of rotatable bonds is 11. The van der Waals surface area contributed by atoms with Crippen molar-refractivity contribution in [1.82, 2.24) is 15.1 Å². The SMILES string of the molecule is CC(C)OCCOC[C@@H](O)CN(C)C(=O)CN1C(=O)N[C@](C)(c2ccc(F)cc2)C1=O. The molecule has 1 saturated heterocycles. The minimum Gasteiger partial charge on any atom is -0.389 e. The van der Waals surface area contributed by atoms with Gasteiger partial charge in [-0.25, -0.2) is 9.18 Å². The lowest BCUT2D eigenvalue weighted by Gasteiger charge is -2.24. The molecule has 1 aliphatic heterocycles. The molecule has 1 aliphatic rings. The van der Waals surface area contributed by atoms with Gasteiger partial charge in [0.15, 0.2) is 0 Å². The Balaban J connectivity index is 1.87. The summed E-state index contributed by atoms with van der Waals surface area (Å²) in [5.41, 5.74) is -0.987. The van der Waals surface area contributed by atoms with Crippen molar-refractivity contribution < 1.29 is 33.4 Å². The Kier molecular flexibility index (Phi) is 8.49. The van der Waals surface area contributed by atoms with E-state index in [4.69, 9.17) is 9.47 Å². The van der Waals surface area contributed by atoms with Crippen LogP contribution in [-0.4, -0.2) is 84.9 Å². The minimum atomic E-state index is -1.39. The maximum atomic E-state index is 13.2. The van der Waals surface area contributed by atoms with Crippen LogP contribution in [0, 0.1) is 5.82 Å². The molecule has 1 fully saturated rings. The van der Waals surface area contributed by atoms with Crippen LogP contribution in [0.3, 0.4) is 0 Å². The molecule has 2 atom stereocenters. The lowest BCUT2D eigenvalue weighted by Crippen LogP contribution is -2.45. The van der Waals surface area contributed by atoms with Gasteiger partial charge in [-0.3, -0.25) is 14.5 Å². The maximum Gasteiger partial charge on any atom is 0.325 e. The van der Waals surface area contributed by atoms with Crippen LogP contribution in [0.1, 0.15) is 26.3 Å². The molecule has 2 N–H and O–H groups in total. The van der Waals surface area contributed by atoms with Crippen molar-refractivity contribution in [3.63, 3.8) is 0 Å². The Morgan fingerprint density at radius 1 is 1.26 bits per heavy atom. The zero-order valence-corrected chi connectivity index (χ0v) is 18.3. The van der Waals surface area contributed by atoms with Crippen molar-refractivity contribution in [2.24, 2.45) is 0 Å². The smallest absolute Gasteiger partial charge is 0.325 e. The van der Waals surface area contributed by atoms with Crippen LogP contribution in [0.5, 0.6) is 0 Å². The molecule has 1 aromatic carbocycles. The molecule has 0 spiro atoms. The van der Waals surface area contributed by atoms with E-state index in [1.165, 1.54) is 43.1 Å². The van der Waals surface area contributed by atoms with Gasteiger partial charge < -0.3 is 24.8 Å². The van der Waals surface area contributed by atoms with Gasteiger partial charge in [0.05, 0.1) is 32.0 Å². The molecule has 31 heavy (non-hydrogen) atoms. The van der Waals surface area contributed by atoms with Crippen molar-refractivity contribution in [3.05, 3.63) is 35.6 Å². The summed E-state index contributed by atoms with van der Waals surface area (Å²) in [7, 11) is 1.46. The minimum absolute atomic E-state index is 0.0187. The van der Waals surface area contributed by atoms with Crippen LogP contribution < -0.4 is 5.32 Å². The molecule has 9 nitrogen and oxygen atoms in total. The number of urea groups is 1. The summed E-state index contributed by atoms with van der Waals surface area (Å²) >= 11 is 0. The van der Waals surface area contributed by atoms with Crippen molar-refractivity contribution in [3.8, 4) is 0 Å². The first kappa shape index (κ1) is 24.7. The highest BCUT2D eigenvalue weighted by Gasteiger charge is 2.49. The summed E-state index contributed by atoms with van der Waals surface area (Å²) in [6.45, 7) is 5.54. The molecule has 0 saturated carbocycles. The Morgan fingerprint density at radius 2 is 1.90 bits per heavy atom. The normalized spacial score (nSPS) is 19.6. The third-order valence-electron chi connectivity index (χ3n) is 4.89. The van der Waals surface area contributed by atoms with Crippen molar-refractivity contribution in [1.29, 1.82) is 0 Å². The number of nitrogens with one attached hydrogen (secondary N) is 1. The van der Waals surface area contributed by atoms with Gasteiger partial charge in [0.25, 0.3) is 5.91 Å². The average Bonchev–Trinajstić information content (AvgIpc) is 2.91. The van der Waals surface area contributed by atoms with Crippen molar-refractivity contribution in [2.45, 2.75) is 38.5 Å². The molecule has 0 unspecified atom stereocenters. The first-order chi connectivity index (χ1) is 14.5. The zero-order chi connectivity index (χ0) is 23.2. The van der Waals surface area contributed by atoms with Crippen LogP contribution in [0.25, 0.3) is 0 Å². The van der Waals surface area contributed by atoms with Crippen molar-refractivity contribution >= 4 is 17.8 Å². The molecule has 0 bridgehead atoms. The monoisotopic (exact) mass is 439 g/mol. The molecule has 1 heterocycles. The highest BCUT2D eigenvalue weighted by molar-refractivity contribution is 6.09. The number of carbonyl (C=O) groups excluding carboxylic acids is 3. The topological polar surface area (TPSA) is 108 Å². The first-order valence-electron chi connectivity index (χ1n) is 10.1. The van der Waals surface area contributed by atoms with Crippen molar-refractivity contribution in [2.75, 3.05) is 40.0 Å². The Hall–Kier alpha value is -2.56. The van der Waals surface area contributed by atoms with Crippen LogP contribution >= 0.6 is 0 Å². The third kappa shape index (κ3) is 6.46. The van der Waals surface area contributed by atoms with Crippen LogP contribution in [-0.2, 0) is 24.6 Å². The molecule has 10 heteroatoms. The van der Waals surface area contributed by atoms with Gasteiger partial charge in [0.2, 0.25) is 5.91 Å². The molecular formula is C21H30FN3O6. The number of hydrogen-bond acceptors (Lipinski definition) is 6. The Labute approximate surface area is 181 Å². The summed E-state index contributed by atoms with van der Waals surface area (Å²) in [6.07, 6.45) is -0.840. The predicted octanol–water partition coefficient (Wildman–Crippen LogP) is 0.854. The fraction of sp³-hybridized carbons (Fsp3) is 0.571. The summed E-state index contributed by atoms with van der Waals surface area (Å²) < 4.78 is 23.8. The summed E-state index contributed by atoms with van der Waals surface area (Å²) in [5, 5.41) is 12.6. The number of aliphatic hydroxyl groups is 1. The fourth-order valence-electron chi connectivity index (χ4n) is 3.11. The number of nitrogens with zero attached hydrogens (tertiary/aromatic N) is 2. The van der Waals surface area contributed by atoms with Gasteiger partial charge >= 0.3 is 6.03 Å². The van der Waals surface area contributed by atoms with Gasteiger partial charge in [-0.1, -0.05) is 12.1 Å². The lowest BCUT2D eigenvalue weighted by molar-refractivity contribution is -0.139. The molecular weight excluding hydrogens is 409 g/mol. The van der Waals surface area contributed by atoms with Gasteiger partial charge in [0.1, 0.15) is 17.9 Å². The van der Waals surface area contributed by atoms with E-state index in [1.54, 1.807) is 0 Å². The van der Waals surface area contributed by atoms with E-state index >= 15 is 0 Å². The lowest BCUT2D eigenvalue weighted by atomic mass is 9.92. The zero-order valence-electron chi connectivity index (χ0n) is 18.3. The van der Waals surface area contributed by atoms with E-state index in [1.807, 2.05) is 13.8 Å². The molecule has 172 valence electrons. The predicted molar refractivity (Wildman–Crippen MR) is 110 cm³/mol. The van der Waals surface area contributed by atoms with Crippen LogP contribution in [0.4, 0.5) is 9.18 Å². The molecule has 4 amide bonds. The number of imide groups is 1. The summed E-state index contributed by atoms with van der Waals surface area (Å²) in [5.74, 6) is -1.60. The second kappa shape index (κ2) is 10.7. The number of benzene rings is 1. The number of likely N-dealkylation sites (N-methyl/N-ethyl adjacent to an activating group) is 1. The Morgan fingerprint density at radius 3 is 2.52 bits per heavy atom. The second-order valence-corrected chi connectivity index (χ2v) is 7.88. The van der Waals surface area contributed by atoms with Gasteiger partial charge in [-0.15, -0.1) is 0 Å². The third-order valence-corrected chi connectivity index (χ3v) is 4.89. The fourth-order valence-corrected chi connectivity index (χ4v) is 3.11. The number of carbonyl (C=O) groups is 3. The van der Waals surface area contributed by atoms with E-state index in [2.05, 4.69) is 5.32 Å². The quantitative estimate of drug-likeness (QED) is 0.391. The standard InChI is InChI=1S/C21H30FN3O6/c1-14(2)31-10-9-30-13-17(26)11-24(4)18(27)12-25-19(28)21(3,23-20(25)29)15-5-7-16(22)8-6-15/h5-8,14,17,26H,9-13H2,1-4H3,(H,23,29)/t17-,21+/m0/s1. The van der Waals surface area contributed by atoms with E-state index < -0.39 is 41.9 Å². The average molecular weight is 439 g/mol. The molecule has 0 aromatic heterocycles. The Bertz CT molecular complexity index is 788. The van der Waals surface area contributed by atoms with Gasteiger partial charge in [-0.05, 0) is 38.5 Å². The largest absolute Gasteiger partial charge is 0.389 e. The molecule has 0 radical (unpaired) electrons. The van der Waals surface area contributed by atoms with Crippen LogP contribution in [0.15, 0.2) is 24.3 Å².